The maximum absolute atomic E-state index is 11.2. The van der Waals surface area contributed by atoms with E-state index in [0.29, 0.717) is 4.90 Å². The molecule has 0 aliphatic carbocycles. The third-order valence-corrected chi connectivity index (χ3v) is 2.64. The first-order chi connectivity index (χ1) is 5.54. The summed E-state index contributed by atoms with van der Waals surface area (Å²) in [6.07, 6.45) is 6.53. The Hall–Kier alpha value is -1.27. The van der Waals surface area contributed by atoms with Gasteiger partial charge < -0.3 is 0 Å². The van der Waals surface area contributed by atoms with Crippen LogP contribution in [0.25, 0.3) is 0 Å². The smallest absolute Gasteiger partial charge is 0.0696 e. The monoisotopic (exact) mass is 179 g/mol. The van der Waals surface area contributed by atoms with Gasteiger partial charge in [-0.15, -0.1) is 6.42 Å². The average Bonchev–Trinajstić information content (AvgIpc) is 2.03. The largest absolute Gasteiger partial charge is 0.249 e. The van der Waals surface area contributed by atoms with E-state index >= 15 is 0 Å². The average molecular weight is 179 g/mol. The molecule has 1 aromatic rings. The molecule has 1 unspecified atom stereocenters. The van der Waals surface area contributed by atoms with Gasteiger partial charge in [0.25, 0.3) is 0 Å². The van der Waals surface area contributed by atoms with Crippen molar-refractivity contribution >= 4 is 9.73 Å². The second-order valence-electron chi connectivity index (χ2n) is 2.51. The van der Waals surface area contributed by atoms with Gasteiger partial charge in [0.2, 0.25) is 0 Å². The number of hydrogen-bond acceptors (Lipinski definition) is 2. The molecule has 0 bridgehead atoms. The van der Waals surface area contributed by atoms with Crippen LogP contribution >= 0.6 is 0 Å². The summed E-state index contributed by atoms with van der Waals surface area (Å²) in [6, 6.07) is 6.63. The molecular weight excluding hydrogens is 170 g/mol. The maximum Gasteiger partial charge on any atom is 0.0696 e. The summed E-state index contributed by atoms with van der Waals surface area (Å²) in [4.78, 5) is 0.515. The predicted octanol–water partition coefficient (Wildman–Crippen LogP) is 1.70. The molecule has 1 atom stereocenters. The number of hydrogen-bond donors (Lipinski definition) is 1. The van der Waals surface area contributed by atoms with Gasteiger partial charge in [-0.25, -0.2) is 8.99 Å². The van der Waals surface area contributed by atoms with Crippen molar-refractivity contribution in [1.29, 1.82) is 4.78 Å². The van der Waals surface area contributed by atoms with E-state index in [1.807, 2.05) is 0 Å². The van der Waals surface area contributed by atoms with Crippen LogP contribution in [0.3, 0.4) is 0 Å². The van der Waals surface area contributed by atoms with Crippen LogP contribution in [0.4, 0.5) is 0 Å². The van der Waals surface area contributed by atoms with Crippen molar-refractivity contribution in [3.05, 3.63) is 29.8 Å². The van der Waals surface area contributed by atoms with Crippen LogP contribution in [0.1, 0.15) is 5.56 Å². The van der Waals surface area contributed by atoms with Gasteiger partial charge >= 0.3 is 0 Å². The number of rotatable bonds is 1. The predicted molar refractivity (Wildman–Crippen MR) is 49.4 cm³/mol. The van der Waals surface area contributed by atoms with E-state index in [1.165, 1.54) is 6.26 Å². The lowest BCUT2D eigenvalue weighted by Crippen LogP contribution is -1.93. The minimum absolute atomic E-state index is 0.515. The highest BCUT2D eigenvalue weighted by molar-refractivity contribution is 7.91. The molecule has 1 N–H and O–H groups in total. The molecule has 2 nitrogen and oxygen atoms in total. The third kappa shape index (κ3) is 1.86. The summed E-state index contributed by atoms with van der Waals surface area (Å²) in [5.41, 5.74) is 0.738. The first-order valence-electron chi connectivity index (χ1n) is 3.34. The van der Waals surface area contributed by atoms with Crippen LogP contribution in [-0.2, 0) is 9.73 Å². The minimum atomic E-state index is -2.60. The molecule has 1 rings (SSSR count). The molecule has 0 spiro atoms. The van der Waals surface area contributed by atoms with Crippen molar-refractivity contribution in [2.45, 2.75) is 4.90 Å². The second kappa shape index (κ2) is 3.00. The van der Waals surface area contributed by atoms with Gasteiger partial charge in [-0.1, -0.05) is 5.92 Å². The zero-order valence-electron chi connectivity index (χ0n) is 6.70. The van der Waals surface area contributed by atoms with Gasteiger partial charge in [-0.05, 0) is 24.3 Å². The highest BCUT2D eigenvalue weighted by atomic mass is 32.2. The van der Waals surface area contributed by atoms with Crippen LogP contribution in [-0.4, -0.2) is 10.5 Å². The fraction of sp³-hybridized carbons (Fsp3) is 0.111. The summed E-state index contributed by atoms with van der Waals surface area (Å²) < 4.78 is 18.5. The Kier molecular flexibility index (Phi) is 2.20. The Morgan fingerprint density at radius 2 is 1.92 bits per heavy atom. The molecule has 0 aliphatic heterocycles. The molecular formula is C9H9NOS. The molecule has 12 heavy (non-hydrogen) atoms. The van der Waals surface area contributed by atoms with Crippen molar-refractivity contribution in [1.82, 2.24) is 0 Å². The van der Waals surface area contributed by atoms with Gasteiger partial charge in [0.15, 0.2) is 0 Å². The van der Waals surface area contributed by atoms with Crippen molar-refractivity contribution < 1.29 is 4.21 Å². The van der Waals surface area contributed by atoms with Gasteiger partial charge in [0.05, 0.1) is 9.73 Å². The standard InChI is InChI=1S/C9H9NOS/c1-3-8-4-6-9(7-5-8)12(2,10)11/h1,4-7,10H,2H3. The summed E-state index contributed by atoms with van der Waals surface area (Å²) in [5.74, 6) is 2.45. The normalized spacial score (nSPS) is 14.7. The zero-order chi connectivity index (χ0) is 9.19. The number of terminal acetylenes is 1. The first-order valence-corrected chi connectivity index (χ1v) is 5.31. The number of benzene rings is 1. The Morgan fingerprint density at radius 3 is 2.25 bits per heavy atom. The molecule has 0 amide bonds. The lowest BCUT2D eigenvalue weighted by Gasteiger charge is -1.99. The van der Waals surface area contributed by atoms with Crippen LogP contribution in [0.15, 0.2) is 29.2 Å². The van der Waals surface area contributed by atoms with Crippen molar-refractivity contribution in [3.8, 4) is 12.3 Å². The van der Waals surface area contributed by atoms with Crippen molar-refractivity contribution in [3.63, 3.8) is 0 Å². The first kappa shape index (κ1) is 8.82. The maximum atomic E-state index is 11.2. The Morgan fingerprint density at radius 1 is 1.42 bits per heavy atom. The molecule has 62 valence electrons. The molecule has 3 heteroatoms. The Labute approximate surface area is 72.6 Å². The van der Waals surface area contributed by atoms with Gasteiger partial charge in [-0.2, -0.15) is 0 Å². The highest BCUT2D eigenvalue weighted by Gasteiger charge is 2.00. The van der Waals surface area contributed by atoms with E-state index in [4.69, 9.17) is 11.2 Å². The molecule has 0 saturated heterocycles. The zero-order valence-corrected chi connectivity index (χ0v) is 7.52. The molecule has 0 fully saturated rings. The van der Waals surface area contributed by atoms with Gasteiger partial charge in [0.1, 0.15) is 0 Å². The third-order valence-electron chi connectivity index (χ3n) is 1.47. The lowest BCUT2D eigenvalue weighted by atomic mass is 10.2. The summed E-state index contributed by atoms with van der Waals surface area (Å²) in [5, 5.41) is 0. The topological polar surface area (TPSA) is 40.9 Å². The van der Waals surface area contributed by atoms with Crippen LogP contribution in [0.5, 0.6) is 0 Å². The SMILES string of the molecule is C#Cc1ccc(S(C)(=N)=O)cc1. The molecule has 1 aromatic carbocycles. The fourth-order valence-electron chi connectivity index (χ4n) is 0.811. The van der Waals surface area contributed by atoms with E-state index < -0.39 is 9.73 Å². The van der Waals surface area contributed by atoms with E-state index in [1.54, 1.807) is 24.3 Å². The van der Waals surface area contributed by atoms with E-state index in [0.717, 1.165) is 5.56 Å². The molecule has 0 heterocycles. The number of nitrogens with one attached hydrogen (secondary N) is 1. The summed E-state index contributed by atoms with van der Waals surface area (Å²) >= 11 is 0. The molecule has 0 aliphatic rings. The Balaban J connectivity index is 3.20. The van der Waals surface area contributed by atoms with Gasteiger partial charge in [0, 0.05) is 16.7 Å². The van der Waals surface area contributed by atoms with E-state index in [-0.39, 0.29) is 0 Å². The second-order valence-corrected chi connectivity index (χ2v) is 4.67. The highest BCUT2D eigenvalue weighted by Crippen LogP contribution is 2.09. The van der Waals surface area contributed by atoms with E-state index in [2.05, 4.69) is 5.92 Å². The lowest BCUT2D eigenvalue weighted by molar-refractivity contribution is 0.679. The van der Waals surface area contributed by atoms with Crippen molar-refractivity contribution in [2.75, 3.05) is 6.26 Å². The van der Waals surface area contributed by atoms with Gasteiger partial charge in [-0.3, -0.25) is 0 Å². The minimum Gasteiger partial charge on any atom is -0.249 e. The molecule has 0 saturated carbocycles. The van der Waals surface area contributed by atoms with Crippen molar-refractivity contribution in [2.24, 2.45) is 0 Å². The Bertz CT molecular complexity index is 409. The molecule has 0 aromatic heterocycles. The van der Waals surface area contributed by atoms with Crippen LogP contribution in [0, 0.1) is 17.1 Å². The fourth-order valence-corrected chi connectivity index (χ4v) is 1.47. The van der Waals surface area contributed by atoms with Crippen LogP contribution in [0.2, 0.25) is 0 Å². The molecule has 0 radical (unpaired) electrons. The van der Waals surface area contributed by atoms with Crippen LogP contribution < -0.4 is 0 Å². The quantitative estimate of drug-likeness (QED) is 0.655. The van der Waals surface area contributed by atoms with E-state index in [9.17, 15) is 4.21 Å². The summed E-state index contributed by atoms with van der Waals surface area (Å²) in [7, 11) is -2.60. The summed E-state index contributed by atoms with van der Waals surface area (Å²) in [6.45, 7) is 0.